The van der Waals surface area contributed by atoms with Crippen molar-refractivity contribution in [2.75, 3.05) is 0 Å². The number of thiophene rings is 1. The van der Waals surface area contributed by atoms with E-state index in [0.29, 0.717) is 0 Å². The van der Waals surface area contributed by atoms with Gasteiger partial charge in [0.2, 0.25) is 0 Å². The average molecular weight is 207 g/mol. The van der Waals surface area contributed by atoms with Crippen LogP contribution >= 0.6 is 11.3 Å². The minimum atomic E-state index is 0.0823. The minimum absolute atomic E-state index is 0.0823. The number of rotatable bonds is 3. The molecule has 14 heavy (non-hydrogen) atoms. The van der Waals surface area contributed by atoms with Crippen LogP contribution in [0.25, 0.3) is 0 Å². The summed E-state index contributed by atoms with van der Waals surface area (Å²) in [5.74, 6) is 0. The van der Waals surface area contributed by atoms with Crippen LogP contribution in [0.3, 0.4) is 0 Å². The maximum absolute atomic E-state index is 6.10. The monoisotopic (exact) mass is 207 g/mol. The van der Waals surface area contributed by atoms with Crippen molar-refractivity contribution < 1.29 is 4.42 Å². The lowest BCUT2D eigenvalue weighted by molar-refractivity contribution is 0.561. The predicted octanol–water partition coefficient (Wildman–Crippen LogP) is 2.89. The zero-order valence-corrected chi connectivity index (χ0v) is 8.88. The van der Waals surface area contributed by atoms with Crippen molar-refractivity contribution in [3.63, 3.8) is 0 Å². The quantitative estimate of drug-likeness (QED) is 0.840. The Balaban J connectivity index is 2.10. The Morgan fingerprint density at radius 3 is 2.93 bits per heavy atom. The second-order valence-electron chi connectivity index (χ2n) is 3.45. The summed E-state index contributed by atoms with van der Waals surface area (Å²) < 4.78 is 5.01. The fraction of sp³-hybridized carbons (Fsp3) is 0.273. The normalized spacial score (nSPS) is 13.0. The highest BCUT2D eigenvalue weighted by molar-refractivity contribution is 7.08. The molecule has 3 heteroatoms. The van der Waals surface area contributed by atoms with Crippen LogP contribution < -0.4 is 5.73 Å². The molecule has 0 aliphatic carbocycles. The van der Waals surface area contributed by atoms with Crippen LogP contribution in [0.1, 0.15) is 22.7 Å². The van der Waals surface area contributed by atoms with Crippen molar-refractivity contribution in [2.45, 2.75) is 19.4 Å². The first-order valence-corrected chi connectivity index (χ1v) is 5.51. The molecule has 2 aromatic heterocycles. The molecular weight excluding hydrogens is 194 g/mol. The lowest BCUT2D eigenvalue weighted by atomic mass is 10.0. The van der Waals surface area contributed by atoms with E-state index in [4.69, 9.17) is 10.2 Å². The average Bonchev–Trinajstić information content (AvgIpc) is 2.75. The molecule has 0 amide bonds. The van der Waals surface area contributed by atoms with E-state index in [1.807, 2.05) is 6.07 Å². The molecule has 0 aliphatic heterocycles. The van der Waals surface area contributed by atoms with Crippen LogP contribution in [0, 0.1) is 6.92 Å². The Bertz CT molecular complexity index is 391. The molecule has 2 nitrogen and oxygen atoms in total. The fourth-order valence-electron chi connectivity index (χ4n) is 1.52. The van der Waals surface area contributed by atoms with Crippen LogP contribution in [0.5, 0.6) is 0 Å². The number of aryl methyl sites for hydroxylation is 1. The number of furan rings is 1. The summed E-state index contributed by atoms with van der Waals surface area (Å²) in [4.78, 5) is 0. The van der Waals surface area contributed by atoms with Crippen molar-refractivity contribution >= 4 is 11.3 Å². The van der Waals surface area contributed by atoms with E-state index in [0.717, 1.165) is 12.0 Å². The van der Waals surface area contributed by atoms with Crippen molar-refractivity contribution in [3.05, 3.63) is 46.0 Å². The molecule has 0 radical (unpaired) electrons. The van der Waals surface area contributed by atoms with Gasteiger partial charge >= 0.3 is 0 Å². The fourth-order valence-corrected chi connectivity index (χ4v) is 2.44. The van der Waals surface area contributed by atoms with Crippen molar-refractivity contribution in [1.29, 1.82) is 0 Å². The molecule has 2 N–H and O–H groups in total. The first-order chi connectivity index (χ1) is 6.77. The molecule has 1 atom stereocenters. The molecule has 2 aromatic rings. The van der Waals surface area contributed by atoms with Crippen LogP contribution in [0.4, 0.5) is 0 Å². The van der Waals surface area contributed by atoms with Gasteiger partial charge < -0.3 is 10.2 Å². The Morgan fingerprint density at radius 1 is 1.50 bits per heavy atom. The van der Waals surface area contributed by atoms with Crippen LogP contribution in [0.2, 0.25) is 0 Å². The Morgan fingerprint density at radius 2 is 2.36 bits per heavy atom. The molecule has 0 saturated carbocycles. The van der Waals surface area contributed by atoms with E-state index in [1.165, 1.54) is 11.1 Å². The second kappa shape index (κ2) is 3.98. The standard InChI is InChI=1S/C11H13NOS/c1-8-6-14-7-10(8)11(12)4-9-2-3-13-5-9/h2-3,5-7,11H,4,12H2,1H3. The van der Waals surface area contributed by atoms with Gasteiger partial charge in [-0.2, -0.15) is 11.3 Å². The highest BCUT2D eigenvalue weighted by Gasteiger charge is 2.10. The molecule has 0 bridgehead atoms. The Kier molecular flexibility index (Phi) is 2.70. The van der Waals surface area contributed by atoms with Gasteiger partial charge in [0.15, 0.2) is 0 Å². The largest absolute Gasteiger partial charge is 0.472 e. The van der Waals surface area contributed by atoms with Crippen LogP contribution in [-0.4, -0.2) is 0 Å². The third-order valence-electron chi connectivity index (χ3n) is 2.33. The summed E-state index contributed by atoms with van der Waals surface area (Å²) >= 11 is 1.70. The Labute approximate surface area is 87.4 Å². The third-order valence-corrected chi connectivity index (χ3v) is 3.21. The Hall–Kier alpha value is -1.06. The van der Waals surface area contributed by atoms with E-state index in [2.05, 4.69) is 17.7 Å². The molecule has 2 heterocycles. The van der Waals surface area contributed by atoms with E-state index >= 15 is 0 Å². The smallest absolute Gasteiger partial charge is 0.0935 e. The second-order valence-corrected chi connectivity index (χ2v) is 4.20. The van der Waals surface area contributed by atoms with Gasteiger partial charge in [0.1, 0.15) is 0 Å². The zero-order chi connectivity index (χ0) is 9.97. The number of hydrogen-bond acceptors (Lipinski definition) is 3. The van der Waals surface area contributed by atoms with Gasteiger partial charge in [-0.15, -0.1) is 0 Å². The minimum Gasteiger partial charge on any atom is -0.472 e. The van der Waals surface area contributed by atoms with Crippen molar-refractivity contribution in [3.8, 4) is 0 Å². The molecule has 0 aromatic carbocycles. The summed E-state index contributed by atoms with van der Waals surface area (Å²) in [6, 6.07) is 2.04. The van der Waals surface area contributed by atoms with Gasteiger partial charge in [-0.25, -0.2) is 0 Å². The predicted molar refractivity (Wildman–Crippen MR) is 58.4 cm³/mol. The lowest BCUT2D eigenvalue weighted by Crippen LogP contribution is -2.13. The van der Waals surface area contributed by atoms with Crippen molar-refractivity contribution in [1.82, 2.24) is 0 Å². The number of nitrogens with two attached hydrogens (primary N) is 1. The summed E-state index contributed by atoms with van der Waals surface area (Å²) in [7, 11) is 0. The summed E-state index contributed by atoms with van der Waals surface area (Å²) in [6.07, 6.45) is 4.28. The van der Waals surface area contributed by atoms with E-state index < -0.39 is 0 Å². The molecule has 74 valence electrons. The summed E-state index contributed by atoms with van der Waals surface area (Å²) in [5.41, 5.74) is 9.78. The van der Waals surface area contributed by atoms with Crippen molar-refractivity contribution in [2.24, 2.45) is 5.73 Å². The topological polar surface area (TPSA) is 39.2 Å². The van der Waals surface area contributed by atoms with E-state index in [1.54, 1.807) is 23.9 Å². The van der Waals surface area contributed by atoms with Gasteiger partial charge in [-0.05, 0) is 46.9 Å². The maximum atomic E-state index is 6.10. The zero-order valence-electron chi connectivity index (χ0n) is 8.07. The summed E-state index contributed by atoms with van der Waals surface area (Å²) in [5, 5.41) is 4.25. The molecule has 1 unspecified atom stereocenters. The molecule has 2 rings (SSSR count). The van der Waals surface area contributed by atoms with Gasteiger partial charge in [0.25, 0.3) is 0 Å². The molecular formula is C11H13NOS. The molecule has 0 aliphatic rings. The van der Waals surface area contributed by atoms with Crippen LogP contribution in [-0.2, 0) is 6.42 Å². The van der Waals surface area contributed by atoms with Gasteiger partial charge in [-0.3, -0.25) is 0 Å². The highest BCUT2D eigenvalue weighted by atomic mass is 32.1. The third kappa shape index (κ3) is 1.89. The lowest BCUT2D eigenvalue weighted by Gasteiger charge is -2.09. The highest BCUT2D eigenvalue weighted by Crippen LogP contribution is 2.22. The molecule has 0 spiro atoms. The van der Waals surface area contributed by atoms with Gasteiger partial charge in [0.05, 0.1) is 12.5 Å². The first-order valence-electron chi connectivity index (χ1n) is 4.56. The van der Waals surface area contributed by atoms with Crippen LogP contribution in [0.15, 0.2) is 33.8 Å². The maximum Gasteiger partial charge on any atom is 0.0935 e. The van der Waals surface area contributed by atoms with Gasteiger partial charge in [0, 0.05) is 6.04 Å². The first kappa shape index (κ1) is 9.49. The van der Waals surface area contributed by atoms with Gasteiger partial charge in [-0.1, -0.05) is 0 Å². The number of hydrogen-bond donors (Lipinski definition) is 1. The molecule has 0 saturated heterocycles. The van der Waals surface area contributed by atoms with E-state index in [9.17, 15) is 0 Å². The van der Waals surface area contributed by atoms with E-state index in [-0.39, 0.29) is 6.04 Å². The summed E-state index contributed by atoms with van der Waals surface area (Å²) in [6.45, 7) is 2.10. The molecule has 0 fully saturated rings. The SMILES string of the molecule is Cc1cscc1C(N)Cc1ccoc1.